The second-order valence-electron chi connectivity index (χ2n) is 7.22. The van der Waals surface area contributed by atoms with Gasteiger partial charge in [-0.25, -0.2) is 4.79 Å². The molecule has 0 radical (unpaired) electrons. The van der Waals surface area contributed by atoms with Crippen molar-refractivity contribution < 1.29 is 9.59 Å². The quantitative estimate of drug-likeness (QED) is 0.874. The van der Waals surface area contributed by atoms with Gasteiger partial charge in [-0.3, -0.25) is 4.79 Å². The third-order valence-electron chi connectivity index (χ3n) is 5.67. The van der Waals surface area contributed by atoms with Gasteiger partial charge in [0, 0.05) is 18.0 Å². The number of nitrogens with one attached hydrogen (secondary N) is 1. The van der Waals surface area contributed by atoms with E-state index in [-0.39, 0.29) is 18.4 Å². The molecule has 1 aromatic heterocycles. The number of piperidine rings is 1. The summed E-state index contributed by atoms with van der Waals surface area (Å²) in [5.74, 6) is 0.118. The van der Waals surface area contributed by atoms with Crippen molar-refractivity contribution >= 4 is 23.3 Å². The predicted octanol–water partition coefficient (Wildman–Crippen LogP) is 3.42. The van der Waals surface area contributed by atoms with Gasteiger partial charge in [-0.2, -0.15) is 0 Å². The fourth-order valence-corrected chi connectivity index (χ4v) is 5.00. The number of nitrogens with zero attached hydrogens (tertiary/aromatic N) is 1. The van der Waals surface area contributed by atoms with Crippen molar-refractivity contribution in [2.24, 2.45) is 11.1 Å². The fourth-order valence-electron chi connectivity index (χ4n) is 4.22. The van der Waals surface area contributed by atoms with Crippen LogP contribution in [0.15, 0.2) is 17.5 Å². The van der Waals surface area contributed by atoms with Crippen LogP contribution in [0.3, 0.4) is 0 Å². The maximum absolute atomic E-state index is 12.7. The normalized spacial score (nSPS) is 21.4. The number of nitrogens with two attached hydrogens (primary N) is 1. The minimum absolute atomic E-state index is 0.118. The number of carbonyl (C=O) groups is 2. The topological polar surface area (TPSA) is 75.4 Å². The first-order valence-electron chi connectivity index (χ1n) is 8.95. The van der Waals surface area contributed by atoms with Crippen molar-refractivity contribution in [2.45, 2.75) is 57.4 Å². The Balaban J connectivity index is 1.57. The Bertz CT molecular complexity index is 557. The smallest absolute Gasteiger partial charge is 0.312 e. The standard InChI is InChI=1S/C18H27N3O2S/c19-17(23)20-14(15-5-4-12-24-15)13-16(22)21-10-8-18(9-11-21)6-2-1-3-7-18/h4-5,12,14H,1-3,6-11,13H2,(H3,19,20,23)/t14-/m1/s1. The molecule has 1 saturated heterocycles. The van der Waals surface area contributed by atoms with E-state index in [1.807, 2.05) is 22.4 Å². The lowest BCUT2D eigenvalue weighted by Crippen LogP contribution is -2.45. The Kier molecular flexibility index (Phi) is 5.43. The van der Waals surface area contributed by atoms with Crippen LogP contribution in [0.2, 0.25) is 0 Å². The lowest BCUT2D eigenvalue weighted by Gasteiger charge is -2.44. The minimum Gasteiger partial charge on any atom is -0.352 e. The van der Waals surface area contributed by atoms with Gasteiger partial charge in [0.2, 0.25) is 5.91 Å². The zero-order valence-corrected chi connectivity index (χ0v) is 14.9. The molecule has 5 nitrogen and oxygen atoms in total. The lowest BCUT2D eigenvalue weighted by molar-refractivity contribution is -0.134. The van der Waals surface area contributed by atoms with Gasteiger partial charge >= 0.3 is 6.03 Å². The average molecular weight is 349 g/mol. The Morgan fingerprint density at radius 1 is 1.21 bits per heavy atom. The van der Waals surface area contributed by atoms with E-state index in [1.54, 1.807) is 0 Å². The maximum Gasteiger partial charge on any atom is 0.312 e. The summed E-state index contributed by atoms with van der Waals surface area (Å²) in [6.45, 7) is 1.71. The highest BCUT2D eigenvalue weighted by Gasteiger charge is 2.37. The number of amides is 3. The number of hydrogen-bond acceptors (Lipinski definition) is 3. The molecule has 132 valence electrons. The zero-order valence-electron chi connectivity index (χ0n) is 14.1. The number of urea groups is 1. The van der Waals surface area contributed by atoms with E-state index in [1.165, 1.54) is 43.4 Å². The largest absolute Gasteiger partial charge is 0.352 e. The highest BCUT2D eigenvalue weighted by atomic mass is 32.1. The SMILES string of the molecule is NC(=O)N[C@H](CC(=O)N1CCC2(CCCCC2)CC1)c1cccs1. The van der Waals surface area contributed by atoms with Gasteiger partial charge < -0.3 is 16.0 Å². The molecule has 3 amide bonds. The van der Waals surface area contributed by atoms with Crippen LogP contribution in [-0.2, 0) is 4.79 Å². The first kappa shape index (κ1) is 17.3. The van der Waals surface area contributed by atoms with E-state index < -0.39 is 6.03 Å². The zero-order chi connectivity index (χ0) is 17.0. The molecular formula is C18H27N3O2S. The van der Waals surface area contributed by atoms with Gasteiger partial charge in [-0.05, 0) is 42.5 Å². The molecule has 1 aliphatic heterocycles. The summed E-state index contributed by atoms with van der Waals surface area (Å²) >= 11 is 1.54. The number of hydrogen-bond donors (Lipinski definition) is 2. The average Bonchev–Trinajstić information content (AvgIpc) is 3.09. The van der Waals surface area contributed by atoms with Crippen LogP contribution >= 0.6 is 11.3 Å². The van der Waals surface area contributed by atoms with Gasteiger partial charge in [0.1, 0.15) is 0 Å². The van der Waals surface area contributed by atoms with E-state index in [4.69, 9.17) is 5.73 Å². The van der Waals surface area contributed by atoms with Gasteiger partial charge in [-0.15, -0.1) is 11.3 Å². The van der Waals surface area contributed by atoms with Crippen molar-refractivity contribution in [1.82, 2.24) is 10.2 Å². The van der Waals surface area contributed by atoms with Gasteiger partial charge in [0.15, 0.2) is 0 Å². The number of rotatable bonds is 4. The van der Waals surface area contributed by atoms with Crippen LogP contribution in [0.1, 0.15) is 62.3 Å². The summed E-state index contributed by atoms with van der Waals surface area (Å²) in [6.07, 6.45) is 9.26. The Morgan fingerprint density at radius 3 is 2.50 bits per heavy atom. The predicted molar refractivity (Wildman–Crippen MR) is 95.7 cm³/mol. The lowest BCUT2D eigenvalue weighted by atomic mass is 9.68. The van der Waals surface area contributed by atoms with E-state index in [9.17, 15) is 9.59 Å². The molecule has 2 heterocycles. The second kappa shape index (κ2) is 7.55. The van der Waals surface area contributed by atoms with Crippen molar-refractivity contribution in [1.29, 1.82) is 0 Å². The van der Waals surface area contributed by atoms with E-state index in [0.717, 1.165) is 30.8 Å². The molecule has 2 fully saturated rings. The van der Waals surface area contributed by atoms with Crippen molar-refractivity contribution in [3.63, 3.8) is 0 Å². The fraction of sp³-hybridized carbons (Fsp3) is 0.667. The molecule has 1 spiro atoms. The summed E-state index contributed by atoms with van der Waals surface area (Å²) < 4.78 is 0. The summed E-state index contributed by atoms with van der Waals surface area (Å²) in [7, 11) is 0. The van der Waals surface area contributed by atoms with Gasteiger partial charge in [0.05, 0.1) is 12.5 Å². The van der Waals surface area contributed by atoms with Crippen LogP contribution in [0.5, 0.6) is 0 Å². The summed E-state index contributed by atoms with van der Waals surface area (Å²) in [4.78, 5) is 26.9. The molecule has 6 heteroatoms. The van der Waals surface area contributed by atoms with Crippen LogP contribution in [-0.4, -0.2) is 29.9 Å². The van der Waals surface area contributed by atoms with Gasteiger partial charge in [-0.1, -0.05) is 25.3 Å². The summed E-state index contributed by atoms with van der Waals surface area (Å²) in [6, 6.07) is 2.96. The number of primary amides is 1. The molecule has 2 aliphatic rings. The highest BCUT2D eigenvalue weighted by Crippen LogP contribution is 2.44. The molecule has 1 saturated carbocycles. The third kappa shape index (κ3) is 4.09. The Labute approximate surface area is 147 Å². The van der Waals surface area contributed by atoms with Crippen LogP contribution in [0.4, 0.5) is 4.79 Å². The molecule has 0 bridgehead atoms. The monoisotopic (exact) mass is 349 g/mol. The molecule has 3 rings (SSSR count). The molecule has 0 aromatic carbocycles. The van der Waals surface area contributed by atoms with Crippen molar-refractivity contribution in [3.8, 4) is 0 Å². The maximum atomic E-state index is 12.7. The first-order chi connectivity index (χ1) is 11.6. The highest BCUT2D eigenvalue weighted by molar-refractivity contribution is 7.10. The molecule has 1 aliphatic carbocycles. The van der Waals surface area contributed by atoms with Gasteiger partial charge in [0.25, 0.3) is 0 Å². The van der Waals surface area contributed by atoms with Crippen LogP contribution in [0.25, 0.3) is 0 Å². The van der Waals surface area contributed by atoms with Crippen LogP contribution in [0, 0.1) is 5.41 Å². The number of likely N-dealkylation sites (tertiary alicyclic amines) is 1. The van der Waals surface area contributed by atoms with E-state index in [0.29, 0.717) is 5.41 Å². The molecule has 24 heavy (non-hydrogen) atoms. The third-order valence-corrected chi connectivity index (χ3v) is 6.66. The molecule has 3 N–H and O–H groups in total. The van der Waals surface area contributed by atoms with Crippen molar-refractivity contribution in [2.75, 3.05) is 13.1 Å². The van der Waals surface area contributed by atoms with Crippen molar-refractivity contribution in [3.05, 3.63) is 22.4 Å². The van der Waals surface area contributed by atoms with Crippen LogP contribution < -0.4 is 11.1 Å². The van der Waals surface area contributed by atoms with E-state index >= 15 is 0 Å². The van der Waals surface area contributed by atoms with E-state index in [2.05, 4.69) is 5.32 Å². The Morgan fingerprint density at radius 2 is 1.92 bits per heavy atom. The Hall–Kier alpha value is -1.56. The molecule has 0 unspecified atom stereocenters. The summed E-state index contributed by atoms with van der Waals surface area (Å²) in [5.41, 5.74) is 5.77. The summed E-state index contributed by atoms with van der Waals surface area (Å²) in [5, 5.41) is 4.66. The number of carbonyl (C=O) groups excluding carboxylic acids is 2. The minimum atomic E-state index is -0.582. The molecule has 1 aromatic rings. The molecular weight excluding hydrogens is 322 g/mol. The second-order valence-corrected chi connectivity index (χ2v) is 8.20. The number of thiophene rings is 1. The first-order valence-corrected chi connectivity index (χ1v) is 9.83. The molecule has 1 atom stereocenters.